The fourth-order valence-corrected chi connectivity index (χ4v) is 1.78. The summed E-state index contributed by atoms with van der Waals surface area (Å²) in [6.45, 7) is 1.60. The predicted molar refractivity (Wildman–Crippen MR) is 67.3 cm³/mol. The molecule has 4 nitrogen and oxygen atoms in total. The molecule has 0 saturated heterocycles. The minimum absolute atomic E-state index is 0.108. The molecule has 2 aromatic rings. The average molecular weight is 301 g/mol. The molecular weight excluding hydrogens is 290 g/mol. The van der Waals surface area contributed by atoms with Crippen LogP contribution in [0.1, 0.15) is 21.6 Å². The van der Waals surface area contributed by atoms with Gasteiger partial charge in [0.15, 0.2) is 5.69 Å². The van der Waals surface area contributed by atoms with Gasteiger partial charge in [-0.25, -0.2) is 4.39 Å². The highest BCUT2D eigenvalue weighted by Crippen LogP contribution is 2.31. The topological polar surface area (TPSA) is 46.9 Å². The SMILES string of the molecule is Cc1ccc(F)cc1NC(=O)c1cn(C)nc1C(F)(F)F. The zero-order chi connectivity index (χ0) is 15.8. The van der Waals surface area contributed by atoms with Crippen molar-refractivity contribution < 1.29 is 22.4 Å². The molecule has 0 saturated carbocycles. The van der Waals surface area contributed by atoms with E-state index in [9.17, 15) is 22.4 Å². The molecule has 2 rings (SSSR count). The Morgan fingerprint density at radius 2 is 2.00 bits per heavy atom. The number of rotatable bonds is 2. The quantitative estimate of drug-likeness (QED) is 0.866. The first-order valence-electron chi connectivity index (χ1n) is 5.87. The lowest BCUT2D eigenvalue weighted by Crippen LogP contribution is -2.18. The van der Waals surface area contributed by atoms with Crippen LogP contribution in [0.2, 0.25) is 0 Å². The van der Waals surface area contributed by atoms with E-state index in [1.54, 1.807) is 6.92 Å². The van der Waals surface area contributed by atoms with E-state index >= 15 is 0 Å². The number of aromatic nitrogens is 2. The smallest absolute Gasteiger partial charge is 0.322 e. The van der Waals surface area contributed by atoms with Crippen molar-refractivity contribution in [3.8, 4) is 0 Å². The number of carbonyl (C=O) groups is 1. The van der Waals surface area contributed by atoms with Gasteiger partial charge < -0.3 is 5.32 Å². The second-order valence-corrected chi connectivity index (χ2v) is 4.48. The van der Waals surface area contributed by atoms with Gasteiger partial charge in [0.25, 0.3) is 5.91 Å². The van der Waals surface area contributed by atoms with Crippen LogP contribution in [-0.2, 0) is 13.2 Å². The van der Waals surface area contributed by atoms with Crippen molar-refractivity contribution in [1.82, 2.24) is 9.78 Å². The van der Waals surface area contributed by atoms with Gasteiger partial charge in [-0.1, -0.05) is 6.07 Å². The number of nitrogens with zero attached hydrogens (tertiary/aromatic N) is 2. The Bertz CT molecular complexity index is 691. The molecule has 0 aliphatic rings. The van der Waals surface area contributed by atoms with Crippen molar-refractivity contribution >= 4 is 11.6 Å². The Balaban J connectivity index is 2.35. The van der Waals surface area contributed by atoms with Crippen molar-refractivity contribution in [3.63, 3.8) is 0 Å². The fraction of sp³-hybridized carbons (Fsp3) is 0.231. The summed E-state index contributed by atoms with van der Waals surface area (Å²) in [5, 5.41) is 5.50. The monoisotopic (exact) mass is 301 g/mol. The van der Waals surface area contributed by atoms with E-state index in [0.717, 1.165) is 16.9 Å². The minimum Gasteiger partial charge on any atom is -0.322 e. The lowest BCUT2D eigenvalue weighted by Gasteiger charge is -2.09. The van der Waals surface area contributed by atoms with Gasteiger partial charge in [0, 0.05) is 18.9 Å². The van der Waals surface area contributed by atoms with Crippen LogP contribution in [0.4, 0.5) is 23.2 Å². The van der Waals surface area contributed by atoms with E-state index in [4.69, 9.17) is 0 Å². The molecule has 0 bridgehead atoms. The Kier molecular flexibility index (Phi) is 3.71. The molecule has 0 fully saturated rings. The first-order chi connectivity index (χ1) is 9.68. The van der Waals surface area contributed by atoms with Crippen LogP contribution in [0.15, 0.2) is 24.4 Å². The highest BCUT2D eigenvalue weighted by Gasteiger charge is 2.39. The van der Waals surface area contributed by atoms with Crippen LogP contribution in [0.3, 0.4) is 0 Å². The summed E-state index contributed by atoms with van der Waals surface area (Å²) in [4.78, 5) is 12.0. The predicted octanol–water partition coefficient (Wildman–Crippen LogP) is 3.14. The molecule has 0 radical (unpaired) electrons. The van der Waals surface area contributed by atoms with Gasteiger partial charge in [-0.15, -0.1) is 0 Å². The van der Waals surface area contributed by atoms with E-state index in [2.05, 4.69) is 10.4 Å². The Morgan fingerprint density at radius 3 is 2.62 bits per heavy atom. The van der Waals surface area contributed by atoms with Gasteiger partial charge in [0.1, 0.15) is 5.82 Å². The standard InChI is InChI=1S/C13H11F4N3O/c1-7-3-4-8(14)5-10(7)18-12(21)9-6-20(2)19-11(9)13(15,16)17/h3-6H,1-2H3,(H,18,21). The molecule has 112 valence electrons. The number of amides is 1. The zero-order valence-electron chi connectivity index (χ0n) is 11.1. The largest absolute Gasteiger partial charge is 0.435 e. The van der Waals surface area contributed by atoms with Crippen LogP contribution < -0.4 is 5.32 Å². The average Bonchev–Trinajstić information content (AvgIpc) is 2.76. The molecule has 0 aliphatic heterocycles. The first kappa shape index (κ1) is 15.0. The van der Waals surface area contributed by atoms with Gasteiger partial charge in [0.2, 0.25) is 0 Å². The van der Waals surface area contributed by atoms with Crippen molar-refractivity contribution in [2.24, 2.45) is 7.05 Å². The normalized spacial score (nSPS) is 11.5. The lowest BCUT2D eigenvalue weighted by molar-refractivity contribution is -0.141. The van der Waals surface area contributed by atoms with Crippen LogP contribution >= 0.6 is 0 Å². The lowest BCUT2D eigenvalue weighted by atomic mass is 10.1. The molecule has 21 heavy (non-hydrogen) atoms. The van der Waals surface area contributed by atoms with Gasteiger partial charge in [-0.3, -0.25) is 9.48 Å². The molecule has 0 unspecified atom stereocenters. The van der Waals surface area contributed by atoms with Gasteiger partial charge in [-0.2, -0.15) is 18.3 Å². The van der Waals surface area contributed by atoms with Crippen LogP contribution in [-0.4, -0.2) is 15.7 Å². The third kappa shape index (κ3) is 3.21. The summed E-state index contributed by atoms with van der Waals surface area (Å²) in [6.07, 6.45) is -3.78. The Labute approximate surface area is 117 Å². The molecule has 0 atom stereocenters. The highest BCUT2D eigenvalue weighted by molar-refractivity contribution is 6.05. The number of carbonyl (C=O) groups excluding carboxylic acids is 1. The molecule has 1 amide bonds. The third-order valence-electron chi connectivity index (χ3n) is 2.79. The maximum absolute atomic E-state index is 13.1. The van der Waals surface area contributed by atoms with Crippen LogP contribution in [0.5, 0.6) is 0 Å². The summed E-state index contributed by atoms with van der Waals surface area (Å²) in [5.74, 6) is -1.60. The summed E-state index contributed by atoms with van der Waals surface area (Å²) in [7, 11) is 1.28. The van der Waals surface area contributed by atoms with E-state index in [-0.39, 0.29) is 5.69 Å². The van der Waals surface area contributed by atoms with Crippen LogP contribution in [0.25, 0.3) is 0 Å². The van der Waals surface area contributed by atoms with Crippen molar-refractivity contribution in [3.05, 3.63) is 47.0 Å². The molecule has 1 N–H and O–H groups in total. The Hall–Kier alpha value is -2.38. The third-order valence-corrected chi connectivity index (χ3v) is 2.79. The van der Waals surface area contributed by atoms with Gasteiger partial charge in [0.05, 0.1) is 5.56 Å². The summed E-state index contributed by atoms with van der Waals surface area (Å²) in [6, 6.07) is 3.64. The maximum atomic E-state index is 13.1. The summed E-state index contributed by atoms with van der Waals surface area (Å²) >= 11 is 0. The minimum atomic E-state index is -4.75. The molecule has 1 heterocycles. The number of hydrogen-bond donors (Lipinski definition) is 1. The molecular formula is C13H11F4N3O. The second kappa shape index (κ2) is 5.19. The highest BCUT2D eigenvalue weighted by atomic mass is 19.4. The first-order valence-corrected chi connectivity index (χ1v) is 5.87. The van der Waals surface area contributed by atoms with E-state index < -0.39 is 29.2 Å². The number of aryl methyl sites for hydroxylation is 2. The molecule has 0 spiro atoms. The van der Waals surface area contributed by atoms with Crippen molar-refractivity contribution in [1.29, 1.82) is 0 Å². The summed E-state index contributed by atoms with van der Waals surface area (Å²) < 4.78 is 52.4. The fourth-order valence-electron chi connectivity index (χ4n) is 1.78. The number of alkyl halides is 3. The molecule has 1 aromatic carbocycles. The number of anilines is 1. The summed E-state index contributed by atoms with van der Waals surface area (Å²) in [5.41, 5.74) is -1.26. The number of nitrogens with one attached hydrogen (secondary N) is 1. The molecule has 1 aromatic heterocycles. The number of halogens is 4. The van der Waals surface area contributed by atoms with E-state index in [1.807, 2.05) is 0 Å². The zero-order valence-corrected chi connectivity index (χ0v) is 11.1. The van der Waals surface area contributed by atoms with Crippen LogP contribution in [0, 0.1) is 12.7 Å². The number of hydrogen-bond acceptors (Lipinski definition) is 2. The van der Waals surface area contributed by atoms with Crippen molar-refractivity contribution in [2.45, 2.75) is 13.1 Å². The molecule has 0 aliphatic carbocycles. The van der Waals surface area contributed by atoms with E-state index in [0.29, 0.717) is 5.56 Å². The van der Waals surface area contributed by atoms with Gasteiger partial charge >= 0.3 is 6.18 Å². The molecule has 8 heteroatoms. The van der Waals surface area contributed by atoms with E-state index in [1.165, 1.54) is 19.2 Å². The van der Waals surface area contributed by atoms with Gasteiger partial charge in [-0.05, 0) is 24.6 Å². The second-order valence-electron chi connectivity index (χ2n) is 4.48. The van der Waals surface area contributed by atoms with Crippen molar-refractivity contribution in [2.75, 3.05) is 5.32 Å². The number of benzene rings is 1. The Morgan fingerprint density at radius 1 is 1.33 bits per heavy atom. The maximum Gasteiger partial charge on any atom is 0.435 e.